The van der Waals surface area contributed by atoms with Gasteiger partial charge >= 0.3 is 12.1 Å². The van der Waals surface area contributed by atoms with E-state index >= 15 is 0 Å². The summed E-state index contributed by atoms with van der Waals surface area (Å²) in [7, 11) is 1.33. The second kappa shape index (κ2) is 7.67. The average molecular weight is 357 g/mol. The standard InChI is InChI=1S/C18H15NO5S/c1-22-17(20)16-14(9-10-25-16)15-8-7-13(24-15)11-23-18(21)19-12-5-3-2-4-6-12/h2-10H,11H2,1H3,(H,19,21). The van der Waals surface area contributed by atoms with Gasteiger partial charge in [-0.05, 0) is 35.7 Å². The molecular formula is C18H15NO5S. The molecule has 0 atom stereocenters. The number of esters is 1. The molecular weight excluding hydrogens is 342 g/mol. The van der Waals surface area contributed by atoms with Crippen LogP contribution in [0.3, 0.4) is 0 Å². The van der Waals surface area contributed by atoms with Crippen LogP contribution in [0.5, 0.6) is 0 Å². The van der Waals surface area contributed by atoms with Gasteiger partial charge in [0.05, 0.1) is 7.11 Å². The van der Waals surface area contributed by atoms with Gasteiger partial charge in [-0.1, -0.05) is 18.2 Å². The van der Waals surface area contributed by atoms with E-state index in [-0.39, 0.29) is 6.61 Å². The minimum atomic E-state index is -0.574. The molecule has 3 aromatic rings. The monoisotopic (exact) mass is 357 g/mol. The number of furan rings is 1. The fourth-order valence-corrected chi connectivity index (χ4v) is 2.98. The molecule has 0 saturated carbocycles. The molecule has 2 heterocycles. The van der Waals surface area contributed by atoms with Crippen LogP contribution in [0.25, 0.3) is 11.3 Å². The summed E-state index contributed by atoms with van der Waals surface area (Å²) in [4.78, 5) is 24.0. The lowest BCUT2D eigenvalue weighted by Crippen LogP contribution is -2.13. The Morgan fingerprint density at radius 2 is 1.92 bits per heavy atom. The van der Waals surface area contributed by atoms with E-state index in [0.717, 1.165) is 0 Å². The van der Waals surface area contributed by atoms with E-state index < -0.39 is 12.1 Å². The Labute approximate surface area is 148 Å². The quantitative estimate of drug-likeness (QED) is 0.678. The fourth-order valence-electron chi connectivity index (χ4n) is 2.17. The third-order valence-electron chi connectivity index (χ3n) is 3.33. The minimum absolute atomic E-state index is 0.0175. The molecule has 0 aliphatic carbocycles. The summed E-state index contributed by atoms with van der Waals surface area (Å²) in [5, 5.41) is 4.40. The average Bonchev–Trinajstić information content (AvgIpc) is 3.29. The van der Waals surface area contributed by atoms with Gasteiger partial charge in [0.2, 0.25) is 0 Å². The third-order valence-corrected chi connectivity index (χ3v) is 4.22. The second-order valence-electron chi connectivity index (χ2n) is 4.99. The summed E-state index contributed by atoms with van der Waals surface area (Å²) >= 11 is 1.28. The van der Waals surface area contributed by atoms with E-state index in [1.807, 2.05) is 18.2 Å². The number of ether oxygens (including phenoxy) is 2. The van der Waals surface area contributed by atoms with Crippen molar-refractivity contribution in [1.82, 2.24) is 0 Å². The molecule has 0 unspecified atom stereocenters. The molecule has 0 aliphatic heterocycles. The SMILES string of the molecule is COC(=O)c1sccc1-c1ccc(COC(=O)Nc2ccccc2)o1. The van der Waals surface area contributed by atoms with Gasteiger partial charge in [-0.2, -0.15) is 0 Å². The highest BCUT2D eigenvalue weighted by atomic mass is 32.1. The van der Waals surface area contributed by atoms with Crippen molar-refractivity contribution in [3.63, 3.8) is 0 Å². The molecule has 7 heteroatoms. The molecule has 6 nitrogen and oxygen atoms in total. The van der Waals surface area contributed by atoms with Gasteiger partial charge in [0.15, 0.2) is 6.61 Å². The summed E-state index contributed by atoms with van der Waals surface area (Å²) in [6.07, 6.45) is -0.574. The molecule has 3 rings (SSSR count). The first-order valence-corrected chi connectivity index (χ1v) is 8.29. The van der Waals surface area contributed by atoms with Crippen LogP contribution in [-0.2, 0) is 16.1 Å². The first-order valence-electron chi connectivity index (χ1n) is 7.41. The van der Waals surface area contributed by atoms with Crippen LogP contribution in [0, 0.1) is 0 Å². The summed E-state index contributed by atoms with van der Waals surface area (Å²) in [6, 6.07) is 14.2. The Balaban J connectivity index is 1.62. The smallest absolute Gasteiger partial charge is 0.412 e. The molecule has 1 amide bonds. The minimum Gasteiger partial charge on any atom is -0.465 e. The zero-order chi connectivity index (χ0) is 17.6. The Morgan fingerprint density at radius 3 is 2.68 bits per heavy atom. The number of hydrogen-bond acceptors (Lipinski definition) is 6. The van der Waals surface area contributed by atoms with E-state index in [1.54, 1.807) is 35.7 Å². The van der Waals surface area contributed by atoms with Crippen LogP contribution in [0.2, 0.25) is 0 Å². The summed E-state index contributed by atoms with van der Waals surface area (Å²) in [5.41, 5.74) is 1.30. The number of hydrogen-bond donors (Lipinski definition) is 1. The molecule has 1 N–H and O–H groups in total. The number of amides is 1. The van der Waals surface area contributed by atoms with Gasteiger partial charge in [-0.15, -0.1) is 11.3 Å². The molecule has 0 spiro atoms. The van der Waals surface area contributed by atoms with Crippen LogP contribution < -0.4 is 5.32 Å². The number of thiophene rings is 1. The third kappa shape index (κ3) is 4.07. The first kappa shape index (κ1) is 16.8. The van der Waals surface area contributed by atoms with E-state index in [1.165, 1.54) is 18.4 Å². The lowest BCUT2D eigenvalue weighted by atomic mass is 10.2. The van der Waals surface area contributed by atoms with Crippen molar-refractivity contribution in [2.24, 2.45) is 0 Å². The van der Waals surface area contributed by atoms with Crippen molar-refractivity contribution in [3.8, 4) is 11.3 Å². The number of benzene rings is 1. The van der Waals surface area contributed by atoms with Crippen LogP contribution in [-0.4, -0.2) is 19.2 Å². The van der Waals surface area contributed by atoms with Crippen molar-refractivity contribution in [1.29, 1.82) is 0 Å². The van der Waals surface area contributed by atoms with E-state index in [4.69, 9.17) is 13.9 Å². The zero-order valence-corrected chi connectivity index (χ0v) is 14.2. The summed E-state index contributed by atoms with van der Waals surface area (Å²) in [5.74, 6) is 0.574. The van der Waals surface area contributed by atoms with Crippen LogP contribution >= 0.6 is 11.3 Å². The van der Waals surface area contributed by atoms with Gasteiger partial charge in [0.25, 0.3) is 0 Å². The molecule has 128 valence electrons. The number of carbonyl (C=O) groups excluding carboxylic acids is 2. The topological polar surface area (TPSA) is 77.8 Å². The maximum Gasteiger partial charge on any atom is 0.412 e. The van der Waals surface area contributed by atoms with Crippen LogP contribution in [0.15, 0.2) is 58.3 Å². The highest BCUT2D eigenvalue weighted by Gasteiger charge is 2.18. The molecule has 2 aromatic heterocycles. The lowest BCUT2D eigenvalue weighted by Gasteiger charge is -2.05. The molecule has 1 aromatic carbocycles. The maximum absolute atomic E-state index is 11.8. The van der Waals surface area contributed by atoms with Gasteiger partial charge in [0, 0.05) is 11.3 Å². The Morgan fingerprint density at radius 1 is 1.12 bits per heavy atom. The Hall–Kier alpha value is -3.06. The normalized spacial score (nSPS) is 10.3. The van der Waals surface area contributed by atoms with Crippen molar-refractivity contribution < 1.29 is 23.5 Å². The second-order valence-corrected chi connectivity index (χ2v) is 5.90. The number of nitrogens with one attached hydrogen (secondary N) is 1. The molecule has 0 radical (unpaired) electrons. The van der Waals surface area contributed by atoms with E-state index in [9.17, 15) is 9.59 Å². The van der Waals surface area contributed by atoms with Crippen LogP contribution in [0.1, 0.15) is 15.4 Å². The molecule has 25 heavy (non-hydrogen) atoms. The Bertz CT molecular complexity index is 868. The lowest BCUT2D eigenvalue weighted by molar-refractivity contribution is 0.0607. The number of para-hydroxylation sites is 1. The number of methoxy groups -OCH3 is 1. The van der Waals surface area contributed by atoms with Crippen molar-refractivity contribution in [2.75, 3.05) is 12.4 Å². The summed E-state index contributed by atoms with van der Waals surface area (Å²) < 4.78 is 15.5. The van der Waals surface area contributed by atoms with E-state index in [0.29, 0.717) is 27.6 Å². The predicted octanol–water partition coefficient (Wildman–Crippen LogP) is 4.54. The largest absolute Gasteiger partial charge is 0.465 e. The van der Waals surface area contributed by atoms with Gasteiger partial charge < -0.3 is 13.9 Å². The van der Waals surface area contributed by atoms with E-state index in [2.05, 4.69) is 5.32 Å². The summed E-state index contributed by atoms with van der Waals surface area (Å²) in [6.45, 7) is -0.0175. The maximum atomic E-state index is 11.8. The van der Waals surface area contributed by atoms with Gasteiger partial charge in [0.1, 0.15) is 16.4 Å². The number of carbonyl (C=O) groups is 2. The van der Waals surface area contributed by atoms with Crippen molar-refractivity contribution >= 4 is 29.1 Å². The number of rotatable bonds is 5. The van der Waals surface area contributed by atoms with Crippen molar-refractivity contribution in [3.05, 3.63) is 64.5 Å². The van der Waals surface area contributed by atoms with Crippen LogP contribution in [0.4, 0.5) is 10.5 Å². The molecule has 0 saturated heterocycles. The van der Waals surface area contributed by atoms with Crippen molar-refractivity contribution in [2.45, 2.75) is 6.61 Å². The Kier molecular flexibility index (Phi) is 5.15. The molecule has 0 fully saturated rings. The molecule has 0 aliphatic rings. The van der Waals surface area contributed by atoms with Gasteiger partial charge in [-0.25, -0.2) is 9.59 Å². The molecule has 0 bridgehead atoms. The highest BCUT2D eigenvalue weighted by molar-refractivity contribution is 7.12. The zero-order valence-electron chi connectivity index (χ0n) is 13.4. The predicted molar refractivity (Wildman–Crippen MR) is 93.6 cm³/mol. The van der Waals surface area contributed by atoms with Gasteiger partial charge in [-0.3, -0.25) is 5.32 Å². The first-order chi connectivity index (χ1) is 12.2. The highest BCUT2D eigenvalue weighted by Crippen LogP contribution is 2.30. The number of anilines is 1. The fraction of sp³-hybridized carbons (Fsp3) is 0.111.